The number of nitrogens with two attached hydrogens (primary N) is 1. The fraction of sp³-hybridized carbons (Fsp3) is 0.250. The fourth-order valence-corrected chi connectivity index (χ4v) is 2.63. The molecule has 2 N–H and O–H groups in total. The summed E-state index contributed by atoms with van der Waals surface area (Å²) in [5.41, 5.74) is 7.98. The Bertz CT molecular complexity index is 601. The highest BCUT2D eigenvalue weighted by Gasteiger charge is 2.19. The average Bonchev–Trinajstić information content (AvgIpc) is 2.46. The Balaban J connectivity index is 2.41. The van der Waals surface area contributed by atoms with Crippen LogP contribution in [0, 0.1) is 5.82 Å². The first-order valence-electron chi connectivity index (χ1n) is 6.51. The van der Waals surface area contributed by atoms with Crippen LogP contribution < -0.4 is 10.6 Å². The van der Waals surface area contributed by atoms with Crippen LogP contribution in [0.15, 0.2) is 42.5 Å². The molecule has 0 aliphatic heterocycles. The number of rotatable bonds is 4. The number of nitrogens with zero attached hydrogens (tertiary/aromatic N) is 1. The van der Waals surface area contributed by atoms with Crippen molar-refractivity contribution in [1.29, 1.82) is 0 Å². The van der Waals surface area contributed by atoms with E-state index in [-0.39, 0.29) is 11.9 Å². The minimum Gasteiger partial charge on any atom is -0.365 e. The molecule has 0 aliphatic carbocycles. The maximum absolute atomic E-state index is 14.1. The zero-order chi connectivity index (χ0) is 14.7. The van der Waals surface area contributed by atoms with Gasteiger partial charge < -0.3 is 10.6 Å². The molecule has 0 saturated carbocycles. The van der Waals surface area contributed by atoms with E-state index in [1.807, 2.05) is 49.2 Å². The van der Waals surface area contributed by atoms with Crippen molar-refractivity contribution in [1.82, 2.24) is 0 Å². The van der Waals surface area contributed by atoms with E-state index < -0.39 is 0 Å². The van der Waals surface area contributed by atoms with Gasteiger partial charge in [0.2, 0.25) is 0 Å². The molecule has 4 heteroatoms. The summed E-state index contributed by atoms with van der Waals surface area (Å²) in [5.74, 6) is -0.269. The van der Waals surface area contributed by atoms with E-state index >= 15 is 0 Å². The topological polar surface area (TPSA) is 29.3 Å². The van der Waals surface area contributed by atoms with E-state index in [1.165, 1.54) is 6.07 Å². The van der Waals surface area contributed by atoms with Gasteiger partial charge in [-0.15, -0.1) is 0 Å². The van der Waals surface area contributed by atoms with Gasteiger partial charge in [-0.2, -0.15) is 0 Å². The van der Waals surface area contributed by atoms with E-state index in [1.54, 1.807) is 6.07 Å². The molecule has 0 aliphatic rings. The second-order valence-electron chi connectivity index (χ2n) is 4.76. The minimum absolute atomic E-state index is 0.0501. The maximum atomic E-state index is 14.1. The largest absolute Gasteiger partial charge is 0.365 e. The SMILES string of the molecule is CC(c1ccccc1Cl)N(C)c1c(F)cccc1CN. The average molecular weight is 293 g/mol. The summed E-state index contributed by atoms with van der Waals surface area (Å²) in [6.07, 6.45) is 0. The molecule has 2 nitrogen and oxygen atoms in total. The van der Waals surface area contributed by atoms with Crippen LogP contribution in [0.4, 0.5) is 10.1 Å². The van der Waals surface area contributed by atoms with Gasteiger partial charge in [0.25, 0.3) is 0 Å². The Morgan fingerprint density at radius 2 is 1.90 bits per heavy atom. The fourth-order valence-electron chi connectivity index (χ4n) is 2.34. The highest BCUT2D eigenvalue weighted by atomic mass is 35.5. The molecule has 0 radical (unpaired) electrons. The number of hydrogen-bond acceptors (Lipinski definition) is 2. The normalized spacial score (nSPS) is 12.2. The van der Waals surface area contributed by atoms with E-state index in [0.29, 0.717) is 17.3 Å². The summed E-state index contributed by atoms with van der Waals surface area (Å²) >= 11 is 6.22. The van der Waals surface area contributed by atoms with E-state index in [9.17, 15) is 4.39 Å². The van der Waals surface area contributed by atoms with Crippen LogP contribution in [0.25, 0.3) is 0 Å². The van der Waals surface area contributed by atoms with Gasteiger partial charge in [-0.05, 0) is 30.2 Å². The Morgan fingerprint density at radius 3 is 2.55 bits per heavy atom. The molecule has 1 atom stereocenters. The van der Waals surface area contributed by atoms with Crippen LogP contribution in [-0.4, -0.2) is 7.05 Å². The van der Waals surface area contributed by atoms with E-state index in [4.69, 9.17) is 17.3 Å². The Kier molecular flexibility index (Phi) is 4.63. The van der Waals surface area contributed by atoms with Crippen LogP contribution in [0.5, 0.6) is 0 Å². The van der Waals surface area contributed by atoms with Crippen molar-refractivity contribution in [3.05, 3.63) is 64.4 Å². The first kappa shape index (κ1) is 14.8. The van der Waals surface area contributed by atoms with Crippen LogP contribution in [0.3, 0.4) is 0 Å². The lowest BCUT2D eigenvalue weighted by molar-refractivity contribution is 0.608. The highest BCUT2D eigenvalue weighted by molar-refractivity contribution is 6.31. The number of benzene rings is 2. The van der Waals surface area contributed by atoms with Gasteiger partial charge in [-0.1, -0.05) is 41.9 Å². The molecule has 2 aromatic rings. The molecule has 2 rings (SSSR count). The van der Waals surface area contributed by atoms with Gasteiger partial charge in [-0.25, -0.2) is 4.39 Å². The summed E-state index contributed by atoms with van der Waals surface area (Å²) in [6.45, 7) is 2.29. The van der Waals surface area contributed by atoms with Crippen LogP contribution >= 0.6 is 11.6 Å². The van der Waals surface area contributed by atoms with Crippen molar-refractivity contribution >= 4 is 17.3 Å². The summed E-state index contributed by atoms with van der Waals surface area (Å²) in [7, 11) is 1.85. The van der Waals surface area contributed by atoms with E-state index in [2.05, 4.69) is 0 Å². The molecule has 2 aromatic carbocycles. The lowest BCUT2D eigenvalue weighted by atomic mass is 10.0. The monoisotopic (exact) mass is 292 g/mol. The van der Waals surface area contributed by atoms with Crippen LogP contribution in [0.2, 0.25) is 5.02 Å². The molecule has 106 valence electrons. The van der Waals surface area contributed by atoms with Gasteiger partial charge in [-0.3, -0.25) is 0 Å². The van der Waals surface area contributed by atoms with Crippen molar-refractivity contribution in [2.45, 2.75) is 19.5 Å². The molecule has 0 saturated heterocycles. The second-order valence-corrected chi connectivity index (χ2v) is 5.17. The number of hydrogen-bond donors (Lipinski definition) is 1. The third-order valence-electron chi connectivity index (χ3n) is 3.58. The van der Waals surface area contributed by atoms with Gasteiger partial charge in [0.05, 0.1) is 11.7 Å². The Morgan fingerprint density at radius 1 is 1.20 bits per heavy atom. The second kappa shape index (κ2) is 6.25. The predicted octanol–water partition coefficient (Wildman–Crippen LogP) is 4.14. The van der Waals surface area contributed by atoms with Gasteiger partial charge >= 0.3 is 0 Å². The Hall–Kier alpha value is -1.58. The minimum atomic E-state index is -0.269. The molecule has 1 unspecified atom stereocenters. The highest BCUT2D eigenvalue weighted by Crippen LogP contribution is 2.33. The lowest BCUT2D eigenvalue weighted by Crippen LogP contribution is -2.24. The summed E-state index contributed by atoms with van der Waals surface area (Å²) in [4.78, 5) is 1.87. The first-order valence-corrected chi connectivity index (χ1v) is 6.88. The predicted molar refractivity (Wildman–Crippen MR) is 82.6 cm³/mol. The lowest BCUT2D eigenvalue weighted by Gasteiger charge is -2.30. The van der Waals surface area contributed by atoms with Gasteiger partial charge in [0.15, 0.2) is 0 Å². The summed E-state index contributed by atoms with van der Waals surface area (Å²) in [6, 6.07) is 12.5. The molecule has 0 aromatic heterocycles. The van der Waals surface area contributed by atoms with E-state index in [0.717, 1.165) is 11.1 Å². The molecule has 0 heterocycles. The number of para-hydroxylation sites is 1. The first-order chi connectivity index (χ1) is 9.56. The molecule has 0 fully saturated rings. The zero-order valence-electron chi connectivity index (χ0n) is 11.6. The third kappa shape index (κ3) is 2.79. The number of halogens is 2. The molecule has 0 bridgehead atoms. The van der Waals surface area contributed by atoms with Gasteiger partial charge in [0, 0.05) is 18.6 Å². The van der Waals surface area contributed by atoms with Gasteiger partial charge in [0.1, 0.15) is 5.82 Å². The molecular weight excluding hydrogens is 275 g/mol. The smallest absolute Gasteiger partial charge is 0.146 e. The Labute approximate surface area is 124 Å². The van der Waals surface area contributed by atoms with Crippen LogP contribution in [-0.2, 0) is 6.54 Å². The van der Waals surface area contributed by atoms with Crippen molar-refractivity contribution in [3.63, 3.8) is 0 Å². The maximum Gasteiger partial charge on any atom is 0.146 e. The molecular formula is C16H18ClFN2. The third-order valence-corrected chi connectivity index (χ3v) is 3.92. The quantitative estimate of drug-likeness (QED) is 0.918. The standard InChI is InChI=1S/C16H18ClFN2/c1-11(13-7-3-4-8-14(13)17)20(2)16-12(10-19)6-5-9-15(16)18/h3-9,11H,10,19H2,1-2H3. The van der Waals surface area contributed by atoms with Crippen molar-refractivity contribution in [3.8, 4) is 0 Å². The van der Waals surface area contributed by atoms with Crippen molar-refractivity contribution < 1.29 is 4.39 Å². The molecule has 0 spiro atoms. The summed E-state index contributed by atoms with van der Waals surface area (Å²) in [5, 5.41) is 0.678. The van der Waals surface area contributed by atoms with Crippen molar-refractivity contribution in [2.24, 2.45) is 5.73 Å². The zero-order valence-corrected chi connectivity index (χ0v) is 12.4. The van der Waals surface area contributed by atoms with Crippen LogP contribution in [0.1, 0.15) is 24.1 Å². The van der Waals surface area contributed by atoms with Crippen molar-refractivity contribution in [2.75, 3.05) is 11.9 Å². The molecule has 20 heavy (non-hydrogen) atoms. The summed E-state index contributed by atoms with van der Waals surface area (Å²) < 4.78 is 14.1. The number of anilines is 1. The molecule has 0 amide bonds.